The van der Waals surface area contributed by atoms with Crippen LogP contribution in [0.1, 0.15) is 44.2 Å². The Kier molecular flexibility index (Phi) is 6.67. The molecule has 0 heterocycles. The number of phenolic OH excluding ortho intramolecular Hbond substituents is 1. The van der Waals surface area contributed by atoms with Crippen LogP contribution in [0.2, 0.25) is 0 Å². The Morgan fingerprint density at radius 3 is 2.35 bits per heavy atom. The summed E-state index contributed by atoms with van der Waals surface area (Å²) in [6.45, 7) is 3.42. The first-order chi connectivity index (χ1) is 8.24. The maximum atomic E-state index is 9.19. The molecule has 0 aromatic heterocycles. The van der Waals surface area contributed by atoms with Gasteiger partial charge in [0.2, 0.25) is 0 Å². The highest BCUT2D eigenvalue weighted by Gasteiger charge is 2.03. The molecule has 1 rings (SSSR count). The average molecular weight is 237 g/mol. The van der Waals surface area contributed by atoms with Crippen LogP contribution in [0, 0.1) is 0 Å². The molecule has 0 saturated carbocycles. The molecule has 3 nitrogen and oxygen atoms in total. The molecule has 3 heteroatoms. The largest absolute Gasteiger partial charge is 0.508 e. The van der Waals surface area contributed by atoms with Crippen molar-refractivity contribution < 1.29 is 10.2 Å². The van der Waals surface area contributed by atoms with Crippen molar-refractivity contribution in [1.29, 1.82) is 0 Å². The summed E-state index contributed by atoms with van der Waals surface area (Å²) in [5.74, 6) is 0.310. The lowest BCUT2D eigenvalue weighted by atomic mass is 10.1. The smallest absolute Gasteiger partial charge is 0.115 e. The van der Waals surface area contributed by atoms with Crippen molar-refractivity contribution in [2.45, 2.75) is 38.6 Å². The molecule has 0 aliphatic heterocycles. The van der Waals surface area contributed by atoms with Gasteiger partial charge < -0.3 is 15.5 Å². The first-order valence-corrected chi connectivity index (χ1v) is 6.37. The lowest BCUT2D eigenvalue weighted by Crippen LogP contribution is -2.19. The van der Waals surface area contributed by atoms with Gasteiger partial charge in [0.15, 0.2) is 0 Å². The molecule has 0 aliphatic carbocycles. The maximum absolute atomic E-state index is 9.19. The van der Waals surface area contributed by atoms with E-state index < -0.39 is 0 Å². The van der Waals surface area contributed by atoms with Gasteiger partial charge in [0, 0.05) is 12.6 Å². The monoisotopic (exact) mass is 237 g/mol. The number of rotatable bonds is 8. The summed E-state index contributed by atoms with van der Waals surface area (Å²) in [4.78, 5) is 0. The number of aliphatic hydroxyl groups is 1. The predicted molar refractivity (Wildman–Crippen MR) is 70.1 cm³/mol. The molecular weight excluding hydrogens is 214 g/mol. The van der Waals surface area contributed by atoms with E-state index in [1.54, 1.807) is 12.1 Å². The minimum atomic E-state index is 0.303. The SMILES string of the molecule is CC(NCCCCCCO)c1ccc(O)cc1. The third-order valence-electron chi connectivity index (χ3n) is 2.93. The van der Waals surface area contributed by atoms with E-state index in [9.17, 15) is 5.11 Å². The second-order valence-corrected chi connectivity index (χ2v) is 4.41. The highest BCUT2D eigenvalue weighted by Crippen LogP contribution is 2.16. The zero-order chi connectivity index (χ0) is 12.5. The van der Waals surface area contributed by atoms with Gasteiger partial charge in [-0.05, 0) is 44.0 Å². The molecular formula is C14H23NO2. The van der Waals surface area contributed by atoms with Crippen LogP contribution in [0.5, 0.6) is 5.75 Å². The molecule has 17 heavy (non-hydrogen) atoms. The second-order valence-electron chi connectivity index (χ2n) is 4.41. The van der Waals surface area contributed by atoms with Gasteiger partial charge in [-0.15, -0.1) is 0 Å². The first kappa shape index (κ1) is 14.0. The highest BCUT2D eigenvalue weighted by molar-refractivity contribution is 5.27. The molecule has 0 amide bonds. The summed E-state index contributed by atoms with van der Waals surface area (Å²) in [5, 5.41) is 21.3. The standard InChI is InChI=1S/C14H23NO2/c1-12(13-6-8-14(17)9-7-13)15-10-4-2-3-5-11-16/h6-9,12,15-17H,2-5,10-11H2,1H3. The zero-order valence-corrected chi connectivity index (χ0v) is 10.5. The van der Waals surface area contributed by atoms with Gasteiger partial charge in [-0.2, -0.15) is 0 Å². The predicted octanol–water partition coefficient (Wildman–Crippen LogP) is 2.60. The molecule has 3 N–H and O–H groups in total. The molecule has 0 bridgehead atoms. The van der Waals surface area contributed by atoms with E-state index >= 15 is 0 Å². The lowest BCUT2D eigenvalue weighted by Gasteiger charge is -2.14. The topological polar surface area (TPSA) is 52.5 Å². The summed E-state index contributed by atoms with van der Waals surface area (Å²) in [7, 11) is 0. The van der Waals surface area contributed by atoms with E-state index in [1.165, 1.54) is 5.56 Å². The van der Waals surface area contributed by atoms with Gasteiger partial charge in [0.1, 0.15) is 5.75 Å². The minimum absolute atomic E-state index is 0.303. The summed E-state index contributed by atoms with van der Waals surface area (Å²) in [6.07, 6.45) is 4.32. The Bertz CT molecular complexity index is 298. The van der Waals surface area contributed by atoms with Crippen LogP contribution in [0.15, 0.2) is 24.3 Å². The van der Waals surface area contributed by atoms with E-state index in [-0.39, 0.29) is 0 Å². The van der Waals surface area contributed by atoms with Crippen LogP contribution >= 0.6 is 0 Å². The quantitative estimate of drug-likeness (QED) is 0.609. The van der Waals surface area contributed by atoms with Crippen LogP contribution in [-0.2, 0) is 0 Å². The molecule has 1 aromatic carbocycles. The van der Waals surface area contributed by atoms with Crippen molar-refractivity contribution in [3.8, 4) is 5.75 Å². The van der Waals surface area contributed by atoms with Crippen LogP contribution in [-0.4, -0.2) is 23.4 Å². The van der Waals surface area contributed by atoms with E-state index in [1.807, 2.05) is 12.1 Å². The number of aromatic hydroxyl groups is 1. The van der Waals surface area contributed by atoms with Crippen molar-refractivity contribution in [3.63, 3.8) is 0 Å². The highest BCUT2D eigenvalue weighted by atomic mass is 16.3. The van der Waals surface area contributed by atoms with Gasteiger partial charge in [-0.25, -0.2) is 0 Å². The summed E-state index contributed by atoms with van der Waals surface area (Å²) < 4.78 is 0. The van der Waals surface area contributed by atoms with Crippen LogP contribution in [0.4, 0.5) is 0 Å². The number of benzene rings is 1. The summed E-state index contributed by atoms with van der Waals surface area (Å²) in [6, 6.07) is 7.63. The number of nitrogens with one attached hydrogen (secondary N) is 1. The fourth-order valence-electron chi connectivity index (χ4n) is 1.79. The Morgan fingerprint density at radius 1 is 1.06 bits per heavy atom. The molecule has 96 valence electrons. The van der Waals surface area contributed by atoms with Crippen molar-refractivity contribution in [2.75, 3.05) is 13.2 Å². The molecule has 1 unspecified atom stereocenters. The lowest BCUT2D eigenvalue weighted by molar-refractivity contribution is 0.282. The van der Waals surface area contributed by atoms with Crippen molar-refractivity contribution in [2.24, 2.45) is 0 Å². The Labute approximate surface area is 103 Å². The number of hydrogen-bond donors (Lipinski definition) is 3. The van der Waals surface area contributed by atoms with Crippen molar-refractivity contribution >= 4 is 0 Å². The minimum Gasteiger partial charge on any atom is -0.508 e. The molecule has 1 atom stereocenters. The molecule has 0 fully saturated rings. The number of aliphatic hydroxyl groups excluding tert-OH is 1. The first-order valence-electron chi connectivity index (χ1n) is 6.37. The maximum Gasteiger partial charge on any atom is 0.115 e. The van der Waals surface area contributed by atoms with E-state index in [4.69, 9.17) is 5.11 Å². The van der Waals surface area contributed by atoms with Gasteiger partial charge in [0.25, 0.3) is 0 Å². The second kappa shape index (κ2) is 8.09. The van der Waals surface area contributed by atoms with E-state index in [0.717, 1.165) is 32.2 Å². The number of unbranched alkanes of at least 4 members (excludes halogenated alkanes) is 3. The molecule has 1 aromatic rings. The molecule has 0 radical (unpaired) electrons. The van der Waals surface area contributed by atoms with E-state index in [0.29, 0.717) is 18.4 Å². The Balaban J connectivity index is 2.16. The zero-order valence-electron chi connectivity index (χ0n) is 10.5. The summed E-state index contributed by atoms with van der Waals surface area (Å²) >= 11 is 0. The molecule has 0 saturated heterocycles. The van der Waals surface area contributed by atoms with Crippen LogP contribution < -0.4 is 5.32 Å². The van der Waals surface area contributed by atoms with Crippen molar-refractivity contribution in [1.82, 2.24) is 5.32 Å². The van der Waals surface area contributed by atoms with Gasteiger partial charge in [-0.3, -0.25) is 0 Å². The fraction of sp³-hybridized carbons (Fsp3) is 0.571. The number of phenols is 1. The molecule has 0 aliphatic rings. The summed E-state index contributed by atoms with van der Waals surface area (Å²) in [5.41, 5.74) is 1.19. The normalized spacial score (nSPS) is 12.6. The third kappa shape index (κ3) is 5.71. The molecule has 0 spiro atoms. The van der Waals surface area contributed by atoms with Crippen LogP contribution in [0.3, 0.4) is 0 Å². The Hall–Kier alpha value is -1.06. The fourth-order valence-corrected chi connectivity index (χ4v) is 1.79. The van der Waals surface area contributed by atoms with Gasteiger partial charge in [-0.1, -0.05) is 25.0 Å². The van der Waals surface area contributed by atoms with E-state index in [2.05, 4.69) is 12.2 Å². The van der Waals surface area contributed by atoms with Gasteiger partial charge >= 0.3 is 0 Å². The van der Waals surface area contributed by atoms with Gasteiger partial charge in [0.05, 0.1) is 0 Å². The average Bonchev–Trinajstić information content (AvgIpc) is 2.34. The van der Waals surface area contributed by atoms with Crippen LogP contribution in [0.25, 0.3) is 0 Å². The number of hydrogen-bond acceptors (Lipinski definition) is 3. The third-order valence-corrected chi connectivity index (χ3v) is 2.93. The Morgan fingerprint density at radius 2 is 1.71 bits per heavy atom. The van der Waals surface area contributed by atoms with Crippen molar-refractivity contribution in [3.05, 3.63) is 29.8 Å².